The van der Waals surface area contributed by atoms with Gasteiger partial charge in [0.05, 0.1) is 6.04 Å². The lowest BCUT2D eigenvalue weighted by Crippen LogP contribution is -2.31. The summed E-state index contributed by atoms with van der Waals surface area (Å²) in [6.07, 6.45) is 1.82. The van der Waals surface area contributed by atoms with Crippen LogP contribution in [0.25, 0.3) is 10.9 Å². The number of benzene rings is 2. The highest BCUT2D eigenvalue weighted by Gasteiger charge is 2.23. The molecule has 0 bridgehead atoms. The van der Waals surface area contributed by atoms with E-state index in [0.29, 0.717) is 5.92 Å². The third-order valence-electron chi connectivity index (χ3n) is 3.98. The summed E-state index contributed by atoms with van der Waals surface area (Å²) in [6.45, 7) is 5.09. The quantitative estimate of drug-likeness (QED) is 0.665. The summed E-state index contributed by atoms with van der Waals surface area (Å²) in [4.78, 5) is 16.3. The van der Waals surface area contributed by atoms with Crippen molar-refractivity contribution >= 4 is 16.7 Å². The third kappa shape index (κ3) is 3.35. The Morgan fingerprint density at radius 3 is 2.48 bits per heavy atom. The van der Waals surface area contributed by atoms with E-state index in [0.717, 1.165) is 28.6 Å². The second-order valence-electron chi connectivity index (χ2n) is 6.26. The fourth-order valence-corrected chi connectivity index (χ4v) is 2.79. The minimum atomic E-state index is -0.321. The molecule has 0 saturated heterocycles. The van der Waals surface area contributed by atoms with Gasteiger partial charge >= 0.3 is 0 Å². The van der Waals surface area contributed by atoms with E-state index in [9.17, 15) is 4.79 Å². The first-order chi connectivity index (χ1) is 11.2. The summed E-state index contributed by atoms with van der Waals surface area (Å²) in [6, 6.07) is 17.5. The predicted octanol–water partition coefficient (Wildman–Crippen LogP) is 4.34. The van der Waals surface area contributed by atoms with Crippen LogP contribution in [0.15, 0.2) is 60.8 Å². The summed E-state index contributed by atoms with van der Waals surface area (Å²) in [7, 11) is 0. The van der Waals surface area contributed by atoms with Crippen LogP contribution in [0.1, 0.15) is 35.8 Å². The van der Waals surface area contributed by atoms with E-state index < -0.39 is 0 Å². The molecule has 2 aromatic carbocycles. The molecule has 3 heteroatoms. The molecular formula is C20H22N2O. The van der Waals surface area contributed by atoms with Crippen LogP contribution >= 0.6 is 0 Å². The zero-order valence-corrected chi connectivity index (χ0v) is 13.5. The Balaban J connectivity index is 1.97. The number of nitrogens with one attached hydrogen (secondary N) is 2. The average Bonchev–Trinajstić information content (AvgIpc) is 2.99. The minimum Gasteiger partial charge on any atom is -0.360 e. The second-order valence-corrected chi connectivity index (χ2v) is 6.26. The molecule has 3 nitrogen and oxygen atoms in total. The highest BCUT2D eigenvalue weighted by Crippen LogP contribution is 2.24. The van der Waals surface area contributed by atoms with Crippen molar-refractivity contribution < 1.29 is 4.79 Å². The van der Waals surface area contributed by atoms with Crippen LogP contribution in [-0.2, 0) is 0 Å². The number of aromatic amines is 1. The van der Waals surface area contributed by atoms with E-state index >= 15 is 0 Å². The molecule has 23 heavy (non-hydrogen) atoms. The highest BCUT2D eigenvalue weighted by molar-refractivity contribution is 6.10. The van der Waals surface area contributed by atoms with E-state index in [2.05, 4.69) is 24.1 Å². The topological polar surface area (TPSA) is 44.9 Å². The number of fused-ring (bicyclic) bond motifs is 1. The van der Waals surface area contributed by atoms with Crippen molar-refractivity contribution in [3.05, 3.63) is 71.9 Å². The van der Waals surface area contributed by atoms with Crippen molar-refractivity contribution in [2.45, 2.75) is 19.9 Å². The van der Waals surface area contributed by atoms with Gasteiger partial charge in [0.25, 0.3) is 0 Å². The maximum absolute atomic E-state index is 13.2. The van der Waals surface area contributed by atoms with E-state index in [4.69, 9.17) is 0 Å². The summed E-state index contributed by atoms with van der Waals surface area (Å²) in [5.41, 5.74) is 2.74. The van der Waals surface area contributed by atoms with Gasteiger partial charge in [0, 0.05) is 22.7 Å². The Morgan fingerprint density at radius 2 is 1.74 bits per heavy atom. The molecule has 0 radical (unpaired) electrons. The monoisotopic (exact) mass is 306 g/mol. The second kappa shape index (κ2) is 6.80. The molecule has 3 aromatic rings. The predicted molar refractivity (Wildman–Crippen MR) is 94.7 cm³/mol. The molecule has 1 aromatic heterocycles. The lowest BCUT2D eigenvalue weighted by molar-refractivity contribution is 0.0943. The van der Waals surface area contributed by atoms with Crippen LogP contribution in [0.5, 0.6) is 0 Å². The largest absolute Gasteiger partial charge is 0.360 e. The molecule has 0 spiro atoms. The van der Waals surface area contributed by atoms with Gasteiger partial charge < -0.3 is 10.3 Å². The van der Waals surface area contributed by atoms with Crippen LogP contribution in [0.3, 0.4) is 0 Å². The first-order valence-corrected chi connectivity index (χ1v) is 8.05. The zero-order valence-electron chi connectivity index (χ0n) is 13.5. The van der Waals surface area contributed by atoms with Crippen molar-refractivity contribution in [1.29, 1.82) is 0 Å². The van der Waals surface area contributed by atoms with Crippen LogP contribution < -0.4 is 5.32 Å². The number of carbonyl (C=O) groups is 1. The number of Topliss-reactive ketones (excluding diaryl/α,β-unsaturated/α-hetero) is 1. The SMILES string of the molecule is CC(C)CN[C@@H](C(=O)c1c[nH]c2ccccc12)c1ccccc1. The van der Waals surface area contributed by atoms with Crippen LogP contribution in [0, 0.1) is 5.92 Å². The number of aromatic nitrogens is 1. The Kier molecular flexibility index (Phi) is 4.58. The number of hydrogen-bond donors (Lipinski definition) is 2. The average molecular weight is 306 g/mol. The molecule has 0 saturated carbocycles. The molecule has 0 aliphatic carbocycles. The lowest BCUT2D eigenvalue weighted by atomic mass is 9.96. The summed E-state index contributed by atoms with van der Waals surface area (Å²) in [5.74, 6) is 0.589. The van der Waals surface area contributed by atoms with Gasteiger partial charge in [-0.15, -0.1) is 0 Å². The van der Waals surface area contributed by atoms with Crippen molar-refractivity contribution in [2.24, 2.45) is 5.92 Å². The Morgan fingerprint density at radius 1 is 1.04 bits per heavy atom. The summed E-state index contributed by atoms with van der Waals surface area (Å²) >= 11 is 0. The summed E-state index contributed by atoms with van der Waals surface area (Å²) in [5, 5.41) is 4.40. The normalized spacial score (nSPS) is 12.7. The molecule has 0 aliphatic rings. The number of carbonyl (C=O) groups excluding carboxylic acids is 1. The van der Waals surface area contributed by atoms with Crippen molar-refractivity contribution in [2.75, 3.05) is 6.54 Å². The van der Waals surface area contributed by atoms with Crippen molar-refractivity contribution in [3.63, 3.8) is 0 Å². The molecule has 3 rings (SSSR count). The molecule has 118 valence electrons. The number of hydrogen-bond acceptors (Lipinski definition) is 2. The van der Waals surface area contributed by atoms with Gasteiger partial charge in [-0.2, -0.15) is 0 Å². The van der Waals surface area contributed by atoms with Gasteiger partial charge in [-0.1, -0.05) is 62.4 Å². The minimum absolute atomic E-state index is 0.106. The third-order valence-corrected chi connectivity index (χ3v) is 3.98. The Labute approximate surface area is 136 Å². The summed E-state index contributed by atoms with van der Waals surface area (Å²) < 4.78 is 0. The van der Waals surface area contributed by atoms with Crippen molar-refractivity contribution in [3.8, 4) is 0 Å². The fraction of sp³-hybridized carbons (Fsp3) is 0.250. The maximum Gasteiger partial charge on any atom is 0.186 e. The van der Waals surface area contributed by atoms with Gasteiger partial charge in [0.15, 0.2) is 5.78 Å². The number of ketones is 1. The number of para-hydroxylation sites is 1. The van der Waals surface area contributed by atoms with Crippen LogP contribution in [0.4, 0.5) is 0 Å². The maximum atomic E-state index is 13.2. The molecular weight excluding hydrogens is 284 g/mol. The highest BCUT2D eigenvalue weighted by atomic mass is 16.1. The number of rotatable bonds is 6. The van der Waals surface area contributed by atoms with Gasteiger partial charge in [0.2, 0.25) is 0 Å². The van der Waals surface area contributed by atoms with Gasteiger partial charge in [0.1, 0.15) is 0 Å². The fourth-order valence-electron chi connectivity index (χ4n) is 2.79. The molecule has 1 heterocycles. The molecule has 0 fully saturated rings. The Hall–Kier alpha value is -2.39. The number of H-pyrrole nitrogens is 1. The van der Waals surface area contributed by atoms with Crippen LogP contribution in [-0.4, -0.2) is 17.3 Å². The molecule has 0 unspecified atom stereocenters. The van der Waals surface area contributed by atoms with Crippen LogP contribution in [0.2, 0.25) is 0 Å². The van der Waals surface area contributed by atoms with E-state index in [1.807, 2.05) is 60.8 Å². The molecule has 0 aliphatic heterocycles. The smallest absolute Gasteiger partial charge is 0.186 e. The zero-order chi connectivity index (χ0) is 16.2. The standard InChI is InChI=1S/C20H22N2O/c1-14(2)12-22-19(15-8-4-3-5-9-15)20(23)17-13-21-18-11-7-6-10-16(17)18/h3-11,13-14,19,21-22H,12H2,1-2H3/t19-/m1/s1. The van der Waals surface area contributed by atoms with Gasteiger partial charge in [-0.05, 0) is 24.1 Å². The van der Waals surface area contributed by atoms with Crippen molar-refractivity contribution in [1.82, 2.24) is 10.3 Å². The molecule has 2 N–H and O–H groups in total. The first-order valence-electron chi connectivity index (χ1n) is 8.05. The molecule has 0 amide bonds. The van der Waals surface area contributed by atoms with E-state index in [1.54, 1.807) is 0 Å². The first kappa shape index (κ1) is 15.5. The Bertz CT molecular complexity index is 790. The van der Waals surface area contributed by atoms with E-state index in [-0.39, 0.29) is 11.8 Å². The molecule has 1 atom stereocenters. The van der Waals surface area contributed by atoms with E-state index in [1.165, 1.54) is 0 Å². The lowest BCUT2D eigenvalue weighted by Gasteiger charge is -2.19. The van der Waals surface area contributed by atoms with Gasteiger partial charge in [-0.3, -0.25) is 4.79 Å². The van der Waals surface area contributed by atoms with Gasteiger partial charge in [-0.25, -0.2) is 0 Å².